The Kier molecular flexibility index (Phi) is 5.58. The SMILES string of the molecule is CC(CN)CSCC(=O)NC(C)C1CC2CCC1C2. The van der Waals surface area contributed by atoms with Gasteiger partial charge in [-0.15, -0.1) is 0 Å². The van der Waals surface area contributed by atoms with Gasteiger partial charge in [-0.05, 0) is 62.2 Å². The third-order valence-electron chi connectivity index (χ3n) is 4.86. The highest BCUT2D eigenvalue weighted by atomic mass is 32.2. The molecule has 0 aromatic rings. The molecule has 2 bridgehead atoms. The molecule has 110 valence electrons. The molecule has 2 saturated carbocycles. The minimum absolute atomic E-state index is 0.199. The summed E-state index contributed by atoms with van der Waals surface area (Å²) in [5.41, 5.74) is 5.57. The summed E-state index contributed by atoms with van der Waals surface area (Å²) in [7, 11) is 0. The normalized spacial score (nSPS) is 32.3. The summed E-state index contributed by atoms with van der Waals surface area (Å²) in [5.74, 6) is 4.82. The van der Waals surface area contributed by atoms with E-state index in [-0.39, 0.29) is 5.91 Å². The van der Waals surface area contributed by atoms with E-state index in [9.17, 15) is 4.79 Å². The topological polar surface area (TPSA) is 55.1 Å². The molecule has 0 heterocycles. The molecule has 0 aromatic carbocycles. The van der Waals surface area contributed by atoms with Crippen molar-refractivity contribution in [2.75, 3.05) is 18.1 Å². The van der Waals surface area contributed by atoms with Crippen molar-refractivity contribution in [3.8, 4) is 0 Å². The van der Waals surface area contributed by atoms with E-state index in [1.165, 1.54) is 25.7 Å². The Balaban J connectivity index is 1.65. The highest BCUT2D eigenvalue weighted by molar-refractivity contribution is 7.99. The summed E-state index contributed by atoms with van der Waals surface area (Å²) < 4.78 is 0. The predicted molar refractivity (Wildman–Crippen MR) is 82.1 cm³/mol. The molecule has 0 aromatic heterocycles. The second kappa shape index (κ2) is 6.98. The van der Waals surface area contributed by atoms with Crippen LogP contribution in [0.3, 0.4) is 0 Å². The maximum absolute atomic E-state index is 11.9. The molecule has 2 aliphatic carbocycles. The standard InChI is InChI=1S/C15H28N2OS/c1-10(7-16)8-19-9-15(18)17-11(2)14-6-12-3-4-13(14)5-12/h10-14H,3-9,16H2,1-2H3,(H,17,18). The van der Waals surface area contributed by atoms with E-state index in [1.807, 2.05) is 0 Å². The molecule has 1 amide bonds. The monoisotopic (exact) mass is 284 g/mol. The predicted octanol–water partition coefficient (Wildman–Crippen LogP) is 2.26. The first-order chi connectivity index (χ1) is 9.10. The van der Waals surface area contributed by atoms with E-state index in [0.717, 1.165) is 23.5 Å². The summed E-state index contributed by atoms with van der Waals surface area (Å²) >= 11 is 1.70. The highest BCUT2D eigenvalue weighted by Crippen LogP contribution is 2.49. The summed E-state index contributed by atoms with van der Waals surface area (Å²) in [5, 5.41) is 3.21. The van der Waals surface area contributed by atoms with E-state index < -0.39 is 0 Å². The summed E-state index contributed by atoms with van der Waals surface area (Å²) in [6.07, 6.45) is 5.56. The molecule has 2 rings (SSSR count). The van der Waals surface area contributed by atoms with Gasteiger partial charge in [0, 0.05) is 6.04 Å². The van der Waals surface area contributed by atoms with E-state index in [1.54, 1.807) is 11.8 Å². The minimum Gasteiger partial charge on any atom is -0.353 e. The van der Waals surface area contributed by atoms with Gasteiger partial charge >= 0.3 is 0 Å². The van der Waals surface area contributed by atoms with Crippen molar-refractivity contribution in [3.63, 3.8) is 0 Å². The van der Waals surface area contributed by atoms with Gasteiger partial charge in [0.2, 0.25) is 5.91 Å². The van der Waals surface area contributed by atoms with Crippen LogP contribution in [0.4, 0.5) is 0 Å². The number of nitrogens with two attached hydrogens (primary N) is 1. The zero-order valence-electron chi connectivity index (χ0n) is 12.2. The van der Waals surface area contributed by atoms with Gasteiger partial charge in [-0.3, -0.25) is 4.79 Å². The Morgan fingerprint density at radius 1 is 1.37 bits per heavy atom. The summed E-state index contributed by atoms with van der Waals surface area (Å²) in [6.45, 7) is 5.02. The number of carbonyl (C=O) groups excluding carboxylic acids is 1. The molecule has 0 spiro atoms. The van der Waals surface area contributed by atoms with Crippen LogP contribution in [0.2, 0.25) is 0 Å². The minimum atomic E-state index is 0.199. The molecule has 19 heavy (non-hydrogen) atoms. The van der Waals surface area contributed by atoms with Crippen molar-refractivity contribution in [2.24, 2.45) is 29.4 Å². The van der Waals surface area contributed by atoms with E-state index in [2.05, 4.69) is 19.2 Å². The third-order valence-corrected chi connectivity index (χ3v) is 6.13. The third kappa shape index (κ3) is 4.12. The van der Waals surface area contributed by atoms with Crippen molar-refractivity contribution in [3.05, 3.63) is 0 Å². The Bertz CT molecular complexity index is 311. The van der Waals surface area contributed by atoms with Crippen LogP contribution in [0, 0.1) is 23.7 Å². The quantitative estimate of drug-likeness (QED) is 0.754. The second-order valence-corrected chi connectivity index (χ2v) is 7.58. The Hall–Kier alpha value is -0.220. The fourth-order valence-corrected chi connectivity index (χ4v) is 4.65. The lowest BCUT2D eigenvalue weighted by atomic mass is 9.84. The van der Waals surface area contributed by atoms with E-state index >= 15 is 0 Å². The van der Waals surface area contributed by atoms with Crippen molar-refractivity contribution in [1.82, 2.24) is 5.32 Å². The average molecular weight is 284 g/mol. The largest absolute Gasteiger partial charge is 0.353 e. The fraction of sp³-hybridized carbons (Fsp3) is 0.933. The molecule has 0 saturated heterocycles. The van der Waals surface area contributed by atoms with Crippen LogP contribution in [0.5, 0.6) is 0 Å². The molecule has 4 heteroatoms. The van der Waals surface area contributed by atoms with Crippen molar-refractivity contribution < 1.29 is 4.79 Å². The van der Waals surface area contributed by atoms with Crippen LogP contribution >= 0.6 is 11.8 Å². The van der Waals surface area contributed by atoms with Crippen LogP contribution < -0.4 is 11.1 Å². The molecule has 2 aliphatic rings. The summed E-state index contributed by atoms with van der Waals surface area (Å²) in [4.78, 5) is 11.9. The molecule has 0 aliphatic heterocycles. The number of thioether (sulfide) groups is 1. The van der Waals surface area contributed by atoms with Crippen molar-refractivity contribution >= 4 is 17.7 Å². The first kappa shape index (κ1) is 15.2. The number of hydrogen-bond acceptors (Lipinski definition) is 3. The average Bonchev–Trinajstić information content (AvgIpc) is 3.00. The zero-order chi connectivity index (χ0) is 13.8. The van der Waals surface area contributed by atoms with Crippen LogP contribution in [0.15, 0.2) is 0 Å². The molecule has 5 atom stereocenters. The molecule has 2 fully saturated rings. The molecule has 3 N–H and O–H groups in total. The number of amides is 1. The van der Waals surface area contributed by atoms with Crippen LogP contribution in [0.1, 0.15) is 39.5 Å². The first-order valence-electron chi connectivity index (χ1n) is 7.67. The highest BCUT2D eigenvalue weighted by Gasteiger charge is 2.42. The Morgan fingerprint density at radius 2 is 2.16 bits per heavy atom. The Morgan fingerprint density at radius 3 is 2.74 bits per heavy atom. The van der Waals surface area contributed by atoms with Gasteiger partial charge < -0.3 is 11.1 Å². The lowest BCUT2D eigenvalue weighted by molar-refractivity contribution is -0.119. The second-order valence-electron chi connectivity index (χ2n) is 6.55. The van der Waals surface area contributed by atoms with Gasteiger partial charge in [-0.2, -0.15) is 11.8 Å². The maximum Gasteiger partial charge on any atom is 0.230 e. The number of carbonyl (C=O) groups is 1. The molecule has 3 nitrogen and oxygen atoms in total. The number of nitrogens with one attached hydrogen (secondary N) is 1. The van der Waals surface area contributed by atoms with Crippen molar-refractivity contribution in [2.45, 2.75) is 45.6 Å². The van der Waals surface area contributed by atoms with Gasteiger partial charge in [-0.1, -0.05) is 13.3 Å². The van der Waals surface area contributed by atoms with Gasteiger partial charge in [0.25, 0.3) is 0 Å². The molecular weight excluding hydrogens is 256 g/mol. The van der Waals surface area contributed by atoms with Crippen LogP contribution in [-0.4, -0.2) is 30.0 Å². The number of hydrogen-bond donors (Lipinski definition) is 2. The van der Waals surface area contributed by atoms with E-state index in [0.29, 0.717) is 24.3 Å². The van der Waals surface area contributed by atoms with Gasteiger partial charge in [-0.25, -0.2) is 0 Å². The molecule has 5 unspecified atom stereocenters. The lowest BCUT2D eigenvalue weighted by Crippen LogP contribution is -2.41. The van der Waals surface area contributed by atoms with Gasteiger partial charge in [0.1, 0.15) is 0 Å². The molecular formula is C15H28N2OS. The first-order valence-corrected chi connectivity index (χ1v) is 8.82. The van der Waals surface area contributed by atoms with Gasteiger partial charge in [0.05, 0.1) is 5.75 Å². The number of rotatable bonds is 7. The van der Waals surface area contributed by atoms with E-state index in [4.69, 9.17) is 5.73 Å². The smallest absolute Gasteiger partial charge is 0.230 e. The lowest BCUT2D eigenvalue weighted by Gasteiger charge is -2.28. The van der Waals surface area contributed by atoms with Crippen molar-refractivity contribution in [1.29, 1.82) is 0 Å². The van der Waals surface area contributed by atoms with Gasteiger partial charge in [0.15, 0.2) is 0 Å². The maximum atomic E-state index is 11.9. The summed E-state index contributed by atoms with van der Waals surface area (Å²) in [6, 6.07) is 0.357. The number of fused-ring (bicyclic) bond motifs is 2. The Labute approximate surface area is 121 Å². The zero-order valence-corrected chi connectivity index (χ0v) is 13.0. The molecule has 0 radical (unpaired) electrons. The fourth-order valence-electron chi connectivity index (χ4n) is 3.73. The van der Waals surface area contributed by atoms with Crippen LogP contribution in [0.25, 0.3) is 0 Å². The van der Waals surface area contributed by atoms with Crippen LogP contribution in [-0.2, 0) is 4.79 Å².